The largest absolute Gasteiger partial charge is 0.497 e. The average Bonchev–Trinajstić information content (AvgIpc) is 3.20. The molecule has 2 aromatic carbocycles. The van der Waals surface area contributed by atoms with Crippen LogP contribution in [0.4, 0.5) is 0 Å². The van der Waals surface area contributed by atoms with E-state index in [1.165, 1.54) is 12.7 Å². The lowest BCUT2D eigenvalue weighted by Gasteiger charge is -2.19. The molecule has 2 amide bonds. The Morgan fingerprint density at radius 2 is 1.66 bits per heavy atom. The van der Waals surface area contributed by atoms with Crippen molar-refractivity contribution in [3.8, 4) is 5.75 Å². The van der Waals surface area contributed by atoms with Gasteiger partial charge in [0.2, 0.25) is 11.8 Å². The second-order valence-electron chi connectivity index (χ2n) is 8.27. The lowest BCUT2D eigenvalue weighted by Crippen LogP contribution is -2.35. The van der Waals surface area contributed by atoms with Crippen LogP contribution in [-0.4, -0.2) is 64.2 Å². The Bertz CT molecular complexity index is 883. The molecule has 2 aromatic rings. The molecule has 1 saturated heterocycles. The Morgan fingerprint density at radius 1 is 0.969 bits per heavy atom. The Balaban J connectivity index is 1.54. The van der Waals surface area contributed by atoms with Gasteiger partial charge in [0.1, 0.15) is 12.4 Å². The Hall–Kier alpha value is -2.90. The van der Waals surface area contributed by atoms with E-state index in [1.807, 2.05) is 36.4 Å². The number of rotatable bonds is 10. The van der Waals surface area contributed by atoms with Gasteiger partial charge in [0, 0.05) is 39.2 Å². The lowest BCUT2D eigenvalue weighted by molar-refractivity contribution is -0.125. The summed E-state index contributed by atoms with van der Waals surface area (Å²) in [6.07, 6.45) is 0.784. The SMILES string of the molecule is COCC(=O)NCc1ccc(C2CN(C)CC2C(=O)NCCc2ccc(OC)cc2)cc1. The van der Waals surface area contributed by atoms with Gasteiger partial charge in [-0.1, -0.05) is 36.4 Å². The summed E-state index contributed by atoms with van der Waals surface area (Å²) in [6, 6.07) is 16.1. The van der Waals surface area contributed by atoms with Gasteiger partial charge in [-0.25, -0.2) is 0 Å². The number of likely N-dealkylation sites (tertiary alicyclic amines) is 1. The molecule has 172 valence electrons. The molecule has 1 heterocycles. The number of hydrogen-bond acceptors (Lipinski definition) is 5. The van der Waals surface area contributed by atoms with E-state index < -0.39 is 0 Å². The number of amides is 2. The predicted molar refractivity (Wildman–Crippen MR) is 124 cm³/mol. The van der Waals surface area contributed by atoms with E-state index in [0.29, 0.717) is 13.1 Å². The van der Waals surface area contributed by atoms with E-state index in [4.69, 9.17) is 9.47 Å². The molecule has 0 radical (unpaired) electrons. The molecule has 32 heavy (non-hydrogen) atoms. The topological polar surface area (TPSA) is 79.9 Å². The summed E-state index contributed by atoms with van der Waals surface area (Å²) in [7, 11) is 5.20. The number of nitrogens with zero attached hydrogens (tertiary/aromatic N) is 1. The number of nitrogens with one attached hydrogen (secondary N) is 2. The highest BCUT2D eigenvalue weighted by Crippen LogP contribution is 2.32. The number of hydrogen-bond donors (Lipinski definition) is 2. The summed E-state index contributed by atoms with van der Waals surface area (Å²) in [4.78, 5) is 26.7. The number of carbonyl (C=O) groups is 2. The van der Waals surface area contributed by atoms with Crippen molar-refractivity contribution in [2.75, 3.05) is 47.5 Å². The second-order valence-corrected chi connectivity index (χ2v) is 8.27. The monoisotopic (exact) mass is 439 g/mol. The second kappa shape index (κ2) is 11.6. The minimum Gasteiger partial charge on any atom is -0.497 e. The fourth-order valence-electron chi connectivity index (χ4n) is 4.12. The maximum absolute atomic E-state index is 13.0. The number of ether oxygens (including phenoxy) is 2. The number of carbonyl (C=O) groups excluding carboxylic acids is 2. The van der Waals surface area contributed by atoms with E-state index in [-0.39, 0.29) is 30.3 Å². The van der Waals surface area contributed by atoms with Crippen molar-refractivity contribution >= 4 is 11.8 Å². The van der Waals surface area contributed by atoms with E-state index in [9.17, 15) is 9.59 Å². The van der Waals surface area contributed by atoms with Crippen molar-refractivity contribution in [1.82, 2.24) is 15.5 Å². The molecule has 0 bridgehead atoms. The zero-order chi connectivity index (χ0) is 22.9. The van der Waals surface area contributed by atoms with Gasteiger partial charge >= 0.3 is 0 Å². The number of methoxy groups -OCH3 is 2. The molecule has 3 rings (SSSR count). The summed E-state index contributed by atoms with van der Waals surface area (Å²) >= 11 is 0. The van der Waals surface area contributed by atoms with Crippen LogP contribution in [0.3, 0.4) is 0 Å². The standard InChI is InChI=1S/C25H33N3O4/c1-28-15-22(20-8-4-19(5-9-20)14-27-24(29)17-31-2)23(16-28)25(30)26-13-12-18-6-10-21(32-3)11-7-18/h4-11,22-23H,12-17H2,1-3H3,(H,26,30)(H,27,29). The van der Waals surface area contributed by atoms with Crippen molar-refractivity contribution < 1.29 is 19.1 Å². The van der Waals surface area contributed by atoms with Crippen molar-refractivity contribution in [2.24, 2.45) is 5.92 Å². The first kappa shape index (κ1) is 23.8. The first-order chi connectivity index (χ1) is 15.5. The number of benzene rings is 2. The molecule has 2 atom stereocenters. The van der Waals surface area contributed by atoms with Crippen LogP contribution >= 0.6 is 0 Å². The summed E-state index contributed by atoms with van der Waals surface area (Å²) in [5.41, 5.74) is 3.33. The molecular formula is C25H33N3O4. The molecule has 1 fully saturated rings. The van der Waals surface area contributed by atoms with Gasteiger partial charge in [-0.15, -0.1) is 0 Å². The maximum Gasteiger partial charge on any atom is 0.246 e. The highest BCUT2D eigenvalue weighted by molar-refractivity contribution is 5.80. The third-order valence-corrected chi connectivity index (χ3v) is 5.88. The van der Waals surface area contributed by atoms with Gasteiger partial charge in [-0.3, -0.25) is 9.59 Å². The molecule has 1 aliphatic heterocycles. The zero-order valence-electron chi connectivity index (χ0n) is 19.1. The Kier molecular flexibility index (Phi) is 8.64. The van der Waals surface area contributed by atoms with Gasteiger partial charge in [0.15, 0.2) is 0 Å². The van der Waals surface area contributed by atoms with Crippen LogP contribution < -0.4 is 15.4 Å². The molecule has 1 aliphatic rings. The van der Waals surface area contributed by atoms with Gasteiger partial charge < -0.3 is 25.0 Å². The molecule has 0 spiro atoms. The van der Waals surface area contributed by atoms with E-state index in [1.54, 1.807) is 7.11 Å². The van der Waals surface area contributed by atoms with Crippen LogP contribution in [0.2, 0.25) is 0 Å². The minimum absolute atomic E-state index is 0.0573. The summed E-state index contributed by atoms with van der Waals surface area (Å²) in [5, 5.41) is 5.94. The van der Waals surface area contributed by atoms with Crippen LogP contribution in [0, 0.1) is 5.92 Å². The normalized spacial score (nSPS) is 18.3. The predicted octanol–water partition coefficient (Wildman–Crippen LogP) is 1.96. The van der Waals surface area contributed by atoms with E-state index >= 15 is 0 Å². The van der Waals surface area contributed by atoms with Crippen LogP contribution in [-0.2, 0) is 27.3 Å². The molecule has 0 saturated carbocycles. The van der Waals surface area contributed by atoms with Crippen LogP contribution in [0.15, 0.2) is 48.5 Å². The van der Waals surface area contributed by atoms with Gasteiger partial charge in [-0.05, 0) is 42.3 Å². The maximum atomic E-state index is 13.0. The smallest absolute Gasteiger partial charge is 0.246 e. The Labute approximate surface area is 190 Å². The average molecular weight is 440 g/mol. The third kappa shape index (κ3) is 6.55. The highest BCUT2D eigenvalue weighted by atomic mass is 16.5. The summed E-state index contributed by atoms with van der Waals surface area (Å²) < 4.78 is 10.0. The molecule has 2 unspecified atom stereocenters. The molecule has 0 aromatic heterocycles. The zero-order valence-corrected chi connectivity index (χ0v) is 19.1. The van der Waals surface area contributed by atoms with Gasteiger partial charge in [-0.2, -0.15) is 0 Å². The lowest BCUT2D eigenvalue weighted by atomic mass is 9.88. The van der Waals surface area contributed by atoms with E-state index in [2.05, 4.69) is 34.7 Å². The minimum atomic E-state index is -0.139. The fraction of sp³-hybridized carbons (Fsp3) is 0.440. The third-order valence-electron chi connectivity index (χ3n) is 5.88. The molecule has 0 aliphatic carbocycles. The van der Waals surface area contributed by atoms with Crippen LogP contribution in [0.25, 0.3) is 0 Å². The van der Waals surface area contributed by atoms with Crippen molar-refractivity contribution in [3.63, 3.8) is 0 Å². The van der Waals surface area contributed by atoms with Crippen molar-refractivity contribution in [2.45, 2.75) is 18.9 Å². The Morgan fingerprint density at radius 3 is 2.31 bits per heavy atom. The molecule has 7 heteroatoms. The summed E-state index contributed by atoms with van der Waals surface area (Å²) in [6.45, 7) is 2.72. The highest BCUT2D eigenvalue weighted by Gasteiger charge is 2.36. The molecule has 2 N–H and O–H groups in total. The fourth-order valence-corrected chi connectivity index (χ4v) is 4.12. The quantitative estimate of drug-likeness (QED) is 0.592. The van der Waals surface area contributed by atoms with Crippen molar-refractivity contribution in [1.29, 1.82) is 0 Å². The van der Waals surface area contributed by atoms with Crippen LogP contribution in [0.5, 0.6) is 5.75 Å². The van der Waals surface area contributed by atoms with E-state index in [0.717, 1.165) is 36.4 Å². The van der Waals surface area contributed by atoms with Gasteiger partial charge in [0.05, 0.1) is 13.0 Å². The molecule has 7 nitrogen and oxygen atoms in total. The summed E-state index contributed by atoms with van der Waals surface area (Å²) in [5.74, 6) is 0.864. The van der Waals surface area contributed by atoms with Gasteiger partial charge in [0.25, 0.3) is 0 Å². The van der Waals surface area contributed by atoms with Crippen LogP contribution in [0.1, 0.15) is 22.6 Å². The van der Waals surface area contributed by atoms with Crippen molar-refractivity contribution in [3.05, 3.63) is 65.2 Å². The first-order valence-electron chi connectivity index (χ1n) is 10.9. The number of likely N-dealkylation sites (N-methyl/N-ethyl adjacent to an activating group) is 1. The first-order valence-corrected chi connectivity index (χ1v) is 10.9. The molecular weight excluding hydrogens is 406 g/mol.